The molecule has 0 aliphatic carbocycles. The number of rotatable bonds is 2. The van der Waals surface area contributed by atoms with Crippen molar-refractivity contribution in [2.75, 3.05) is 6.54 Å². The average molecular weight is 195 g/mol. The minimum Gasteiger partial charge on any atom is -0.333 e. The van der Waals surface area contributed by atoms with E-state index in [0.717, 1.165) is 18.7 Å². The molecule has 0 bridgehead atoms. The van der Waals surface area contributed by atoms with Crippen molar-refractivity contribution in [2.45, 2.75) is 20.4 Å². The molecule has 0 fully saturated rings. The molecule has 1 aliphatic heterocycles. The van der Waals surface area contributed by atoms with Crippen molar-refractivity contribution in [3.05, 3.63) is 21.9 Å². The van der Waals surface area contributed by atoms with Crippen LogP contribution in [0.5, 0.6) is 0 Å². The molecule has 0 N–H and O–H groups in total. The minimum absolute atomic E-state index is 0.213. The first-order valence-corrected chi connectivity index (χ1v) is 5.42. The summed E-state index contributed by atoms with van der Waals surface area (Å²) in [5.74, 6) is 0.767. The molecule has 1 aliphatic rings. The summed E-state index contributed by atoms with van der Waals surface area (Å²) in [5.41, 5.74) is 0.922. The monoisotopic (exact) mass is 195 g/mol. The van der Waals surface area contributed by atoms with E-state index in [1.54, 1.807) is 11.3 Å². The molecule has 2 nitrogen and oxygen atoms in total. The van der Waals surface area contributed by atoms with Gasteiger partial charge in [-0.05, 0) is 17.4 Å². The Labute approximate surface area is 82.2 Å². The summed E-state index contributed by atoms with van der Waals surface area (Å²) in [6, 6.07) is 1.93. The zero-order valence-corrected chi connectivity index (χ0v) is 8.73. The summed E-state index contributed by atoms with van der Waals surface area (Å²) in [7, 11) is 0. The third kappa shape index (κ3) is 1.48. The average Bonchev–Trinajstić information content (AvgIpc) is 2.56. The van der Waals surface area contributed by atoms with Crippen LogP contribution >= 0.6 is 11.3 Å². The van der Waals surface area contributed by atoms with Crippen LogP contribution in [0, 0.1) is 5.92 Å². The molecule has 0 atom stereocenters. The molecule has 70 valence electrons. The number of amides is 1. The zero-order valence-electron chi connectivity index (χ0n) is 7.91. The van der Waals surface area contributed by atoms with Gasteiger partial charge in [0.2, 0.25) is 0 Å². The third-order valence-electron chi connectivity index (χ3n) is 2.18. The van der Waals surface area contributed by atoms with E-state index in [9.17, 15) is 4.79 Å². The van der Waals surface area contributed by atoms with Gasteiger partial charge >= 0.3 is 0 Å². The largest absolute Gasteiger partial charge is 0.333 e. The second-order valence-corrected chi connectivity index (χ2v) is 4.84. The highest BCUT2D eigenvalue weighted by atomic mass is 32.1. The van der Waals surface area contributed by atoms with Gasteiger partial charge in [-0.3, -0.25) is 4.79 Å². The molecule has 13 heavy (non-hydrogen) atoms. The smallest absolute Gasteiger partial charge is 0.255 e. The number of hydrogen-bond donors (Lipinski definition) is 0. The predicted octanol–water partition coefficient (Wildman–Crippen LogP) is 2.36. The van der Waals surface area contributed by atoms with Crippen LogP contribution in [0.1, 0.15) is 29.1 Å². The molecule has 1 aromatic heterocycles. The lowest BCUT2D eigenvalue weighted by Gasteiger charge is -2.17. The van der Waals surface area contributed by atoms with Gasteiger partial charge in [-0.25, -0.2) is 0 Å². The normalized spacial score (nSPS) is 15.6. The first kappa shape index (κ1) is 8.75. The Morgan fingerprint density at radius 3 is 3.00 bits per heavy atom. The summed E-state index contributed by atoms with van der Waals surface area (Å²) < 4.78 is 0. The van der Waals surface area contributed by atoms with Crippen LogP contribution in [0.4, 0.5) is 0 Å². The van der Waals surface area contributed by atoms with E-state index in [1.807, 2.05) is 16.3 Å². The lowest BCUT2D eigenvalue weighted by atomic mass is 10.2. The lowest BCUT2D eigenvalue weighted by molar-refractivity contribution is 0.0760. The Balaban J connectivity index is 2.15. The highest BCUT2D eigenvalue weighted by Gasteiger charge is 2.28. The number of carbonyl (C=O) groups excluding carboxylic acids is 1. The second-order valence-electron chi connectivity index (χ2n) is 3.84. The standard InChI is InChI=1S/C10H13NOS/c1-7(2)5-11-6-9-8(10(11)12)3-4-13-9/h3-4,7H,5-6H2,1-2H3. The van der Waals surface area contributed by atoms with Gasteiger partial charge < -0.3 is 4.90 Å². The van der Waals surface area contributed by atoms with Gasteiger partial charge in [0.05, 0.1) is 12.1 Å². The van der Waals surface area contributed by atoms with E-state index in [1.165, 1.54) is 4.88 Å². The van der Waals surface area contributed by atoms with Crippen LogP contribution < -0.4 is 0 Å². The number of nitrogens with zero attached hydrogens (tertiary/aromatic N) is 1. The molecule has 3 heteroatoms. The lowest BCUT2D eigenvalue weighted by Crippen LogP contribution is -2.27. The Morgan fingerprint density at radius 1 is 1.62 bits per heavy atom. The number of carbonyl (C=O) groups is 1. The minimum atomic E-state index is 0.213. The molecule has 0 spiro atoms. The molecule has 0 saturated carbocycles. The van der Waals surface area contributed by atoms with E-state index in [0.29, 0.717) is 5.92 Å². The van der Waals surface area contributed by atoms with Crippen LogP contribution in [-0.2, 0) is 6.54 Å². The van der Waals surface area contributed by atoms with Crippen molar-refractivity contribution >= 4 is 17.2 Å². The maximum atomic E-state index is 11.7. The summed E-state index contributed by atoms with van der Waals surface area (Å²) in [6.45, 7) is 5.98. The summed E-state index contributed by atoms with van der Waals surface area (Å²) in [4.78, 5) is 14.9. The van der Waals surface area contributed by atoms with Crippen LogP contribution in [0.25, 0.3) is 0 Å². The Morgan fingerprint density at radius 2 is 2.38 bits per heavy atom. The van der Waals surface area contributed by atoms with Crippen molar-refractivity contribution in [3.63, 3.8) is 0 Å². The first-order chi connectivity index (χ1) is 6.18. The summed E-state index contributed by atoms with van der Waals surface area (Å²) >= 11 is 1.68. The number of hydrogen-bond acceptors (Lipinski definition) is 2. The van der Waals surface area contributed by atoms with E-state index in [-0.39, 0.29) is 5.91 Å². The van der Waals surface area contributed by atoms with Gasteiger partial charge in [0.1, 0.15) is 0 Å². The van der Waals surface area contributed by atoms with Crippen molar-refractivity contribution in [1.29, 1.82) is 0 Å². The molecular formula is C10H13NOS. The second kappa shape index (κ2) is 3.14. The summed E-state index contributed by atoms with van der Waals surface area (Å²) in [6.07, 6.45) is 0. The van der Waals surface area contributed by atoms with Gasteiger partial charge in [0.25, 0.3) is 5.91 Å². The number of fused-ring (bicyclic) bond motifs is 1. The van der Waals surface area contributed by atoms with Gasteiger partial charge in [0.15, 0.2) is 0 Å². The maximum absolute atomic E-state index is 11.7. The Hall–Kier alpha value is -0.830. The van der Waals surface area contributed by atoms with Gasteiger partial charge in [0, 0.05) is 11.4 Å². The molecule has 2 heterocycles. The van der Waals surface area contributed by atoms with E-state index >= 15 is 0 Å². The molecule has 1 aromatic rings. The van der Waals surface area contributed by atoms with E-state index in [2.05, 4.69) is 13.8 Å². The van der Waals surface area contributed by atoms with Crippen LogP contribution in [0.15, 0.2) is 11.4 Å². The van der Waals surface area contributed by atoms with Gasteiger partial charge in [-0.1, -0.05) is 13.8 Å². The van der Waals surface area contributed by atoms with Crippen LogP contribution in [0.2, 0.25) is 0 Å². The molecule has 0 saturated heterocycles. The van der Waals surface area contributed by atoms with Crippen molar-refractivity contribution in [1.82, 2.24) is 4.90 Å². The van der Waals surface area contributed by atoms with Crippen LogP contribution in [0.3, 0.4) is 0 Å². The molecule has 0 radical (unpaired) electrons. The first-order valence-electron chi connectivity index (χ1n) is 4.54. The SMILES string of the molecule is CC(C)CN1Cc2sccc2C1=O. The fraction of sp³-hybridized carbons (Fsp3) is 0.500. The Bertz CT molecular complexity index is 329. The quantitative estimate of drug-likeness (QED) is 0.709. The highest BCUT2D eigenvalue weighted by Crippen LogP contribution is 2.27. The predicted molar refractivity (Wildman–Crippen MR) is 53.9 cm³/mol. The van der Waals surface area contributed by atoms with Crippen molar-refractivity contribution in [2.24, 2.45) is 5.92 Å². The molecule has 2 rings (SSSR count). The zero-order chi connectivity index (χ0) is 9.42. The Kier molecular flexibility index (Phi) is 2.12. The molecule has 1 amide bonds. The van der Waals surface area contributed by atoms with Crippen molar-refractivity contribution < 1.29 is 4.79 Å². The summed E-state index contributed by atoms with van der Waals surface area (Å²) in [5, 5.41) is 2.00. The van der Waals surface area contributed by atoms with E-state index in [4.69, 9.17) is 0 Å². The maximum Gasteiger partial charge on any atom is 0.255 e. The van der Waals surface area contributed by atoms with Crippen molar-refractivity contribution in [3.8, 4) is 0 Å². The molecule has 0 aromatic carbocycles. The fourth-order valence-electron chi connectivity index (χ4n) is 1.66. The molecular weight excluding hydrogens is 182 g/mol. The van der Waals surface area contributed by atoms with E-state index < -0.39 is 0 Å². The third-order valence-corrected chi connectivity index (χ3v) is 3.09. The fourth-order valence-corrected chi connectivity index (χ4v) is 2.54. The van der Waals surface area contributed by atoms with Crippen LogP contribution in [-0.4, -0.2) is 17.4 Å². The van der Waals surface area contributed by atoms with Gasteiger partial charge in [-0.2, -0.15) is 0 Å². The van der Waals surface area contributed by atoms with Gasteiger partial charge in [-0.15, -0.1) is 11.3 Å². The molecule has 0 unspecified atom stereocenters. The highest BCUT2D eigenvalue weighted by molar-refractivity contribution is 7.10. The topological polar surface area (TPSA) is 20.3 Å². The number of thiophene rings is 1.